The van der Waals surface area contributed by atoms with Crippen LogP contribution in [0.5, 0.6) is 5.75 Å². The molecular formula is C19H21ClN2O6S2. The van der Waals surface area contributed by atoms with Crippen LogP contribution < -0.4 is 9.46 Å². The van der Waals surface area contributed by atoms with Gasteiger partial charge in [0.15, 0.2) is 9.84 Å². The highest BCUT2D eigenvalue weighted by Gasteiger charge is 2.40. The number of rotatable bonds is 8. The molecule has 0 aliphatic carbocycles. The SMILES string of the molecule is COc1ccc(S(=O)(=O)C2CN(C(=O)CCNS(=O)(=O)c3cccc(Cl)c3)C2)cc1. The summed E-state index contributed by atoms with van der Waals surface area (Å²) >= 11 is 5.80. The average molecular weight is 473 g/mol. The fourth-order valence-electron chi connectivity index (χ4n) is 2.96. The van der Waals surface area contributed by atoms with Gasteiger partial charge in [-0.1, -0.05) is 17.7 Å². The lowest BCUT2D eigenvalue weighted by molar-refractivity contribution is -0.134. The first kappa shape index (κ1) is 22.5. The van der Waals surface area contributed by atoms with Crippen molar-refractivity contribution in [1.82, 2.24) is 9.62 Å². The van der Waals surface area contributed by atoms with Crippen LogP contribution >= 0.6 is 11.6 Å². The first-order valence-corrected chi connectivity index (χ1v) is 12.5. The number of carbonyl (C=O) groups excluding carboxylic acids is 1. The van der Waals surface area contributed by atoms with Gasteiger partial charge in [-0.3, -0.25) is 4.79 Å². The molecule has 2 aromatic rings. The summed E-state index contributed by atoms with van der Waals surface area (Å²) < 4.78 is 57.1. The number of benzene rings is 2. The smallest absolute Gasteiger partial charge is 0.240 e. The van der Waals surface area contributed by atoms with Crippen molar-refractivity contribution in [2.45, 2.75) is 21.5 Å². The number of ether oxygens (including phenoxy) is 1. The van der Waals surface area contributed by atoms with Crippen LogP contribution in [0.1, 0.15) is 6.42 Å². The molecule has 30 heavy (non-hydrogen) atoms. The summed E-state index contributed by atoms with van der Waals surface area (Å²) in [5, 5.41) is -0.392. The minimum Gasteiger partial charge on any atom is -0.497 e. The van der Waals surface area contributed by atoms with Crippen molar-refractivity contribution in [3.05, 3.63) is 53.6 Å². The molecule has 0 saturated carbocycles. The molecule has 162 valence electrons. The van der Waals surface area contributed by atoms with E-state index >= 15 is 0 Å². The monoisotopic (exact) mass is 472 g/mol. The molecule has 0 unspecified atom stereocenters. The maximum Gasteiger partial charge on any atom is 0.240 e. The third-order valence-electron chi connectivity index (χ3n) is 4.76. The fourth-order valence-corrected chi connectivity index (χ4v) is 5.95. The zero-order chi connectivity index (χ0) is 21.9. The van der Waals surface area contributed by atoms with E-state index in [-0.39, 0.29) is 41.8 Å². The molecule has 0 aromatic heterocycles. The Labute approximate surface area is 180 Å². The molecule has 2 aromatic carbocycles. The molecule has 1 amide bonds. The Morgan fingerprint density at radius 2 is 1.77 bits per heavy atom. The molecular weight excluding hydrogens is 452 g/mol. The topological polar surface area (TPSA) is 110 Å². The summed E-state index contributed by atoms with van der Waals surface area (Å²) in [6.07, 6.45) is -0.0743. The van der Waals surface area contributed by atoms with Crippen molar-refractivity contribution < 1.29 is 26.4 Å². The van der Waals surface area contributed by atoms with Gasteiger partial charge in [-0.05, 0) is 42.5 Å². The van der Waals surface area contributed by atoms with E-state index in [1.54, 1.807) is 18.2 Å². The highest BCUT2D eigenvalue weighted by molar-refractivity contribution is 7.92. The van der Waals surface area contributed by atoms with Crippen LogP contribution in [0.4, 0.5) is 0 Å². The molecule has 0 bridgehead atoms. The van der Waals surface area contributed by atoms with Gasteiger partial charge in [0.25, 0.3) is 0 Å². The number of sulfone groups is 1. The number of hydrogen-bond acceptors (Lipinski definition) is 6. The number of nitrogens with one attached hydrogen (secondary N) is 1. The van der Waals surface area contributed by atoms with Gasteiger partial charge in [-0.25, -0.2) is 21.6 Å². The largest absolute Gasteiger partial charge is 0.497 e. The van der Waals surface area contributed by atoms with Crippen molar-refractivity contribution in [2.75, 3.05) is 26.7 Å². The van der Waals surface area contributed by atoms with Gasteiger partial charge < -0.3 is 9.64 Å². The second kappa shape index (κ2) is 8.93. The second-order valence-electron chi connectivity index (χ2n) is 6.75. The molecule has 1 saturated heterocycles. The first-order chi connectivity index (χ1) is 14.1. The lowest BCUT2D eigenvalue weighted by Crippen LogP contribution is -2.57. The predicted octanol–water partition coefficient (Wildman–Crippen LogP) is 1.70. The summed E-state index contributed by atoms with van der Waals surface area (Å²) in [5.74, 6) is 0.240. The van der Waals surface area contributed by atoms with Gasteiger partial charge in [-0.15, -0.1) is 0 Å². The van der Waals surface area contributed by atoms with Crippen LogP contribution in [0.15, 0.2) is 58.3 Å². The summed E-state index contributed by atoms with van der Waals surface area (Å²) in [4.78, 5) is 13.8. The average Bonchev–Trinajstić information content (AvgIpc) is 2.66. The Bertz CT molecular complexity index is 1130. The highest BCUT2D eigenvalue weighted by atomic mass is 35.5. The standard InChI is InChI=1S/C19H21ClN2O6S2/c1-28-15-5-7-16(8-6-15)29(24,25)18-12-22(13-18)19(23)9-10-21-30(26,27)17-4-2-3-14(20)11-17/h2-8,11,18,21H,9-10,12-13H2,1H3. The van der Waals surface area contributed by atoms with Gasteiger partial charge in [0.2, 0.25) is 15.9 Å². The third kappa shape index (κ3) is 4.94. The molecule has 0 atom stereocenters. The minimum atomic E-state index is -3.78. The summed E-state index contributed by atoms with van der Waals surface area (Å²) in [7, 11) is -5.84. The van der Waals surface area contributed by atoms with Crippen LogP contribution in [0.2, 0.25) is 5.02 Å². The quantitative estimate of drug-likeness (QED) is 0.626. The van der Waals surface area contributed by atoms with E-state index in [1.807, 2.05) is 0 Å². The molecule has 0 spiro atoms. The summed E-state index contributed by atoms with van der Waals surface area (Å²) in [5.41, 5.74) is 0. The van der Waals surface area contributed by atoms with Crippen LogP contribution in [0.3, 0.4) is 0 Å². The van der Waals surface area contributed by atoms with Crippen LogP contribution in [-0.4, -0.2) is 59.6 Å². The van der Waals surface area contributed by atoms with E-state index in [1.165, 1.54) is 42.3 Å². The molecule has 1 N–H and O–H groups in total. The fraction of sp³-hybridized carbons (Fsp3) is 0.316. The Morgan fingerprint density at radius 3 is 2.37 bits per heavy atom. The normalized spacial score (nSPS) is 14.9. The van der Waals surface area contributed by atoms with E-state index < -0.39 is 25.1 Å². The van der Waals surface area contributed by atoms with Crippen LogP contribution in [0, 0.1) is 0 Å². The number of nitrogens with zero attached hydrogens (tertiary/aromatic N) is 1. The predicted molar refractivity (Wildman–Crippen MR) is 112 cm³/mol. The van der Waals surface area contributed by atoms with Gasteiger partial charge in [0, 0.05) is 31.1 Å². The zero-order valence-electron chi connectivity index (χ0n) is 16.1. The second-order valence-corrected chi connectivity index (χ2v) is 11.2. The van der Waals surface area contributed by atoms with Gasteiger partial charge >= 0.3 is 0 Å². The number of hydrogen-bond donors (Lipinski definition) is 1. The molecule has 8 nitrogen and oxygen atoms in total. The van der Waals surface area contributed by atoms with Crippen LogP contribution in [0.25, 0.3) is 0 Å². The number of methoxy groups -OCH3 is 1. The molecule has 1 aliphatic rings. The molecule has 11 heteroatoms. The number of sulfonamides is 1. The van der Waals surface area contributed by atoms with E-state index in [0.29, 0.717) is 10.8 Å². The highest BCUT2D eigenvalue weighted by Crippen LogP contribution is 2.25. The maximum atomic E-state index is 12.6. The van der Waals surface area contributed by atoms with Crippen molar-refractivity contribution in [2.24, 2.45) is 0 Å². The first-order valence-electron chi connectivity index (χ1n) is 9.04. The van der Waals surface area contributed by atoms with Crippen molar-refractivity contribution in [3.63, 3.8) is 0 Å². The number of likely N-dealkylation sites (tertiary alicyclic amines) is 1. The molecule has 1 fully saturated rings. The Morgan fingerprint density at radius 1 is 1.10 bits per heavy atom. The number of carbonyl (C=O) groups is 1. The van der Waals surface area contributed by atoms with Crippen molar-refractivity contribution in [3.8, 4) is 5.75 Å². The molecule has 0 radical (unpaired) electrons. The lowest BCUT2D eigenvalue weighted by atomic mass is 10.2. The maximum absolute atomic E-state index is 12.6. The number of halogens is 1. The van der Waals surface area contributed by atoms with E-state index in [2.05, 4.69) is 4.72 Å². The van der Waals surface area contributed by atoms with Gasteiger partial charge in [0.05, 0.1) is 16.9 Å². The zero-order valence-corrected chi connectivity index (χ0v) is 18.5. The Kier molecular flexibility index (Phi) is 6.71. The number of amides is 1. The van der Waals surface area contributed by atoms with Crippen LogP contribution in [-0.2, 0) is 24.7 Å². The molecule has 1 heterocycles. The van der Waals surface area contributed by atoms with E-state index in [9.17, 15) is 21.6 Å². The molecule has 1 aliphatic heterocycles. The Hall–Kier alpha value is -2.14. The minimum absolute atomic E-state index is 0.0112. The van der Waals surface area contributed by atoms with Crippen molar-refractivity contribution >= 4 is 37.4 Å². The van der Waals surface area contributed by atoms with Gasteiger partial charge in [-0.2, -0.15) is 0 Å². The Balaban J connectivity index is 1.50. The van der Waals surface area contributed by atoms with Crippen molar-refractivity contribution in [1.29, 1.82) is 0 Å². The third-order valence-corrected chi connectivity index (χ3v) is 8.56. The lowest BCUT2D eigenvalue weighted by Gasteiger charge is -2.38. The van der Waals surface area contributed by atoms with E-state index in [4.69, 9.17) is 16.3 Å². The van der Waals surface area contributed by atoms with E-state index in [0.717, 1.165) is 0 Å². The molecule has 3 rings (SSSR count). The summed E-state index contributed by atoms with van der Waals surface area (Å²) in [6, 6.07) is 11.9. The van der Waals surface area contributed by atoms with Gasteiger partial charge in [0.1, 0.15) is 11.0 Å². The summed E-state index contributed by atoms with van der Waals surface area (Å²) in [6.45, 7) is 0.0581.